The second-order valence-corrected chi connectivity index (χ2v) is 5.88. The van der Waals surface area contributed by atoms with Gasteiger partial charge in [0.1, 0.15) is 17.7 Å². The highest BCUT2D eigenvalue weighted by Gasteiger charge is 2.24. The van der Waals surface area contributed by atoms with Crippen LogP contribution in [0.25, 0.3) is 5.52 Å². The summed E-state index contributed by atoms with van der Waals surface area (Å²) in [6.07, 6.45) is 4.27. The van der Waals surface area contributed by atoms with Crippen LogP contribution in [0.3, 0.4) is 0 Å². The number of aromatic amines is 1. The Labute approximate surface area is 136 Å². The molecule has 1 atom stereocenters. The van der Waals surface area contributed by atoms with E-state index in [2.05, 4.69) is 20.4 Å². The predicted molar refractivity (Wildman–Crippen MR) is 89.5 cm³/mol. The summed E-state index contributed by atoms with van der Waals surface area (Å²) < 4.78 is 2.82. The summed E-state index contributed by atoms with van der Waals surface area (Å²) in [4.78, 5) is 32.6. The average Bonchev–Trinajstić information content (AvgIpc) is 3.21. The van der Waals surface area contributed by atoms with Crippen LogP contribution in [-0.4, -0.2) is 43.3 Å². The van der Waals surface area contributed by atoms with E-state index in [0.29, 0.717) is 12.4 Å². The van der Waals surface area contributed by atoms with Crippen molar-refractivity contribution in [3.05, 3.63) is 51.6 Å². The lowest BCUT2D eigenvalue weighted by Crippen LogP contribution is -2.35. The number of fused-ring (bicyclic) bond motifs is 1. The molecule has 3 aromatic heterocycles. The Bertz CT molecular complexity index is 971. The van der Waals surface area contributed by atoms with Crippen LogP contribution in [0.2, 0.25) is 0 Å². The van der Waals surface area contributed by atoms with Crippen molar-refractivity contribution < 1.29 is 0 Å². The lowest BCUT2D eigenvalue weighted by Gasteiger charge is -2.19. The molecule has 2 N–H and O–H groups in total. The van der Waals surface area contributed by atoms with Crippen molar-refractivity contribution in [2.75, 3.05) is 23.3 Å². The minimum atomic E-state index is -0.403. The standard InChI is InChI=1S/C15H17N7O2/c1-20-13(23)7-12(19-15(20)24)21-6-4-10(8-21)18-14-11-3-2-5-22(11)17-9-16-14/h2-3,5,7,9-10H,4,6,8H2,1H3,(H,19,24)(H,16,17,18)/t10-/m0/s1. The van der Waals surface area contributed by atoms with Gasteiger partial charge in [-0.05, 0) is 18.6 Å². The zero-order chi connectivity index (χ0) is 16.7. The summed E-state index contributed by atoms with van der Waals surface area (Å²) in [5.41, 5.74) is 0.202. The second kappa shape index (κ2) is 5.52. The lowest BCUT2D eigenvalue weighted by atomic mass is 10.2. The average molecular weight is 327 g/mol. The van der Waals surface area contributed by atoms with Gasteiger partial charge in [-0.15, -0.1) is 0 Å². The number of nitrogens with zero attached hydrogens (tertiary/aromatic N) is 5. The number of anilines is 2. The van der Waals surface area contributed by atoms with E-state index in [9.17, 15) is 9.59 Å². The summed E-state index contributed by atoms with van der Waals surface area (Å²) in [6, 6.07) is 5.50. The summed E-state index contributed by atoms with van der Waals surface area (Å²) in [5, 5.41) is 7.57. The van der Waals surface area contributed by atoms with Crippen LogP contribution in [-0.2, 0) is 7.05 Å². The molecule has 4 heterocycles. The van der Waals surface area contributed by atoms with E-state index in [1.807, 2.05) is 23.2 Å². The van der Waals surface area contributed by atoms with E-state index in [4.69, 9.17) is 0 Å². The Balaban J connectivity index is 1.54. The van der Waals surface area contributed by atoms with Gasteiger partial charge in [-0.1, -0.05) is 0 Å². The van der Waals surface area contributed by atoms with Gasteiger partial charge in [0.15, 0.2) is 5.82 Å². The molecule has 1 aliphatic rings. The number of hydrogen-bond acceptors (Lipinski definition) is 6. The molecule has 124 valence electrons. The van der Waals surface area contributed by atoms with Crippen molar-refractivity contribution in [3.63, 3.8) is 0 Å². The fraction of sp³-hybridized carbons (Fsp3) is 0.333. The molecule has 9 heteroatoms. The minimum Gasteiger partial charge on any atom is -0.364 e. The first kappa shape index (κ1) is 14.5. The molecule has 3 aromatic rings. The molecule has 0 radical (unpaired) electrons. The van der Waals surface area contributed by atoms with Crippen molar-refractivity contribution in [1.29, 1.82) is 0 Å². The van der Waals surface area contributed by atoms with Crippen LogP contribution >= 0.6 is 0 Å². The van der Waals surface area contributed by atoms with Crippen LogP contribution in [0.1, 0.15) is 6.42 Å². The molecule has 0 aliphatic carbocycles. The van der Waals surface area contributed by atoms with Crippen LogP contribution in [0, 0.1) is 0 Å². The van der Waals surface area contributed by atoms with E-state index in [1.165, 1.54) is 19.4 Å². The summed E-state index contributed by atoms with van der Waals surface area (Å²) >= 11 is 0. The van der Waals surface area contributed by atoms with Gasteiger partial charge in [0.2, 0.25) is 0 Å². The minimum absolute atomic E-state index is 0.172. The predicted octanol–water partition coefficient (Wildman–Crippen LogP) is -0.193. The van der Waals surface area contributed by atoms with Gasteiger partial charge >= 0.3 is 5.69 Å². The lowest BCUT2D eigenvalue weighted by molar-refractivity contribution is 0.760. The van der Waals surface area contributed by atoms with Crippen LogP contribution in [0.4, 0.5) is 11.6 Å². The molecule has 0 unspecified atom stereocenters. The molecule has 0 aromatic carbocycles. The third kappa shape index (κ3) is 2.43. The van der Waals surface area contributed by atoms with Crippen molar-refractivity contribution in [3.8, 4) is 0 Å². The topological polar surface area (TPSA) is 100 Å². The first-order chi connectivity index (χ1) is 11.6. The van der Waals surface area contributed by atoms with Gasteiger partial charge in [0.25, 0.3) is 5.56 Å². The van der Waals surface area contributed by atoms with E-state index >= 15 is 0 Å². The number of aromatic nitrogens is 5. The fourth-order valence-electron chi connectivity index (χ4n) is 2.98. The molecule has 0 spiro atoms. The second-order valence-electron chi connectivity index (χ2n) is 5.88. The molecular weight excluding hydrogens is 310 g/mol. The molecule has 4 rings (SSSR count). The van der Waals surface area contributed by atoms with Crippen LogP contribution in [0.5, 0.6) is 0 Å². The first-order valence-corrected chi connectivity index (χ1v) is 7.72. The molecule has 1 aliphatic heterocycles. The molecule has 0 bridgehead atoms. The highest BCUT2D eigenvalue weighted by atomic mass is 16.2. The molecule has 0 amide bonds. The van der Waals surface area contributed by atoms with E-state index in [0.717, 1.165) is 28.9 Å². The monoisotopic (exact) mass is 327 g/mol. The smallest absolute Gasteiger partial charge is 0.329 e. The summed E-state index contributed by atoms with van der Waals surface area (Å²) in [5.74, 6) is 1.34. The van der Waals surface area contributed by atoms with E-state index in [1.54, 1.807) is 4.52 Å². The fourth-order valence-corrected chi connectivity index (χ4v) is 2.98. The molecule has 1 saturated heterocycles. The van der Waals surface area contributed by atoms with Crippen molar-refractivity contribution >= 4 is 17.2 Å². The van der Waals surface area contributed by atoms with Gasteiger partial charge in [-0.25, -0.2) is 14.3 Å². The van der Waals surface area contributed by atoms with Crippen LogP contribution in [0.15, 0.2) is 40.3 Å². The number of rotatable bonds is 3. The molecular formula is C15H17N7O2. The third-order valence-corrected chi connectivity index (χ3v) is 4.33. The molecule has 9 nitrogen and oxygen atoms in total. The summed E-state index contributed by atoms with van der Waals surface area (Å²) in [7, 11) is 1.46. The Morgan fingerprint density at radius 2 is 2.25 bits per heavy atom. The van der Waals surface area contributed by atoms with Gasteiger partial charge in [0.05, 0.1) is 0 Å². The van der Waals surface area contributed by atoms with Crippen molar-refractivity contribution in [1.82, 2.24) is 24.1 Å². The van der Waals surface area contributed by atoms with Gasteiger partial charge < -0.3 is 10.2 Å². The maximum absolute atomic E-state index is 11.8. The number of H-pyrrole nitrogens is 1. The highest BCUT2D eigenvalue weighted by molar-refractivity contribution is 5.67. The van der Waals surface area contributed by atoms with Crippen molar-refractivity contribution in [2.45, 2.75) is 12.5 Å². The zero-order valence-electron chi connectivity index (χ0n) is 13.1. The SMILES string of the molecule is Cn1c(=O)cc(N2CC[C@H](Nc3ncnn4cccc34)C2)[nH]c1=O. The largest absolute Gasteiger partial charge is 0.364 e. The Morgan fingerprint density at radius 1 is 1.38 bits per heavy atom. The van der Waals surface area contributed by atoms with E-state index in [-0.39, 0.29) is 11.6 Å². The maximum Gasteiger partial charge on any atom is 0.329 e. The Kier molecular flexibility index (Phi) is 3.33. The maximum atomic E-state index is 11.8. The number of nitrogens with one attached hydrogen (secondary N) is 2. The first-order valence-electron chi connectivity index (χ1n) is 7.72. The normalized spacial score (nSPS) is 17.5. The quantitative estimate of drug-likeness (QED) is 0.691. The molecule has 24 heavy (non-hydrogen) atoms. The van der Waals surface area contributed by atoms with E-state index < -0.39 is 5.69 Å². The molecule has 1 fully saturated rings. The highest BCUT2D eigenvalue weighted by Crippen LogP contribution is 2.20. The molecule has 0 saturated carbocycles. The van der Waals surface area contributed by atoms with Gasteiger partial charge in [-0.3, -0.25) is 14.3 Å². The summed E-state index contributed by atoms with van der Waals surface area (Å²) in [6.45, 7) is 1.43. The van der Waals surface area contributed by atoms with Crippen LogP contribution < -0.4 is 21.5 Å². The van der Waals surface area contributed by atoms with Gasteiger partial charge in [0, 0.05) is 38.4 Å². The zero-order valence-corrected chi connectivity index (χ0v) is 13.1. The third-order valence-electron chi connectivity index (χ3n) is 4.33. The number of hydrogen-bond donors (Lipinski definition) is 2. The van der Waals surface area contributed by atoms with Crippen molar-refractivity contribution in [2.24, 2.45) is 7.05 Å². The Morgan fingerprint density at radius 3 is 3.08 bits per heavy atom. The van der Waals surface area contributed by atoms with Gasteiger partial charge in [-0.2, -0.15) is 5.10 Å². The Hall–Kier alpha value is -3.10.